The molecule has 0 aliphatic rings. The first-order valence-electron chi connectivity index (χ1n) is 8.84. The summed E-state index contributed by atoms with van der Waals surface area (Å²) in [5.41, 5.74) is 1.77. The van der Waals surface area contributed by atoms with E-state index in [0.29, 0.717) is 15.9 Å². The lowest BCUT2D eigenvalue weighted by Gasteiger charge is -2.03. The second-order valence-corrected chi connectivity index (χ2v) is 7.30. The summed E-state index contributed by atoms with van der Waals surface area (Å²) in [7, 11) is 1.34. The Labute approximate surface area is 170 Å². The van der Waals surface area contributed by atoms with Crippen LogP contribution in [0.5, 0.6) is 0 Å². The first kappa shape index (κ1) is 18.7. The molecule has 0 bridgehead atoms. The van der Waals surface area contributed by atoms with Gasteiger partial charge >= 0.3 is 5.97 Å². The summed E-state index contributed by atoms with van der Waals surface area (Å²) >= 11 is 1.31. The monoisotopic (exact) mass is 400 g/mol. The standard InChI is InChI=1S/C23H16N2O3S/c1-3-13-25-19-12-11-16(22(27)28-2)14-20(19)29-23(25)24-21(26)18-10-6-8-15-7-4-5-9-17(15)18/h1,4-12,14H,13H2,2H3. The van der Waals surface area contributed by atoms with E-state index in [9.17, 15) is 9.59 Å². The molecule has 0 saturated carbocycles. The molecule has 4 aromatic rings. The first-order chi connectivity index (χ1) is 14.1. The minimum atomic E-state index is -0.422. The maximum Gasteiger partial charge on any atom is 0.337 e. The summed E-state index contributed by atoms with van der Waals surface area (Å²) in [6.45, 7) is 0.263. The Morgan fingerprint density at radius 1 is 1.14 bits per heavy atom. The fourth-order valence-corrected chi connectivity index (χ4v) is 4.27. The predicted molar refractivity (Wildman–Crippen MR) is 114 cm³/mol. The van der Waals surface area contributed by atoms with Crippen LogP contribution in [0.15, 0.2) is 65.7 Å². The number of fused-ring (bicyclic) bond motifs is 2. The lowest BCUT2D eigenvalue weighted by molar-refractivity contribution is 0.0601. The largest absolute Gasteiger partial charge is 0.465 e. The Kier molecular flexibility index (Phi) is 4.98. The number of carbonyl (C=O) groups excluding carboxylic acids is 2. The fraction of sp³-hybridized carbons (Fsp3) is 0.0870. The van der Waals surface area contributed by atoms with Gasteiger partial charge in [-0.05, 0) is 35.0 Å². The molecule has 3 aromatic carbocycles. The third-order valence-electron chi connectivity index (χ3n) is 4.57. The van der Waals surface area contributed by atoms with Crippen molar-refractivity contribution >= 4 is 44.2 Å². The van der Waals surface area contributed by atoms with Crippen molar-refractivity contribution in [2.75, 3.05) is 7.11 Å². The van der Waals surface area contributed by atoms with Crippen molar-refractivity contribution in [3.63, 3.8) is 0 Å². The lowest BCUT2D eigenvalue weighted by atomic mass is 10.0. The quantitative estimate of drug-likeness (QED) is 0.386. The summed E-state index contributed by atoms with van der Waals surface area (Å²) in [5.74, 6) is 1.84. The minimum Gasteiger partial charge on any atom is -0.465 e. The fourth-order valence-electron chi connectivity index (χ4n) is 3.21. The molecule has 0 unspecified atom stereocenters. The molecule has 0 aliphatic heterocycles. The summed E-state index contributed by atoms with van der Waals surface area (Å²) in [6, 6.07) is 18.4. The number of benzene rings is 3. The molecule has 0 N–H and O–H groups in total. The zero-order valence-corrected chi connectivity index (χ0v) is 16.4. The number of hydrogen-bond donors (Lipinski definition) is 0. The van der Waals surface area contributed by atoms with Crippen LogP contribution in [0, 0.1) is 12.3 Å². The number of carbonyl (C=O) groups is 2. The smallest absolute Gasteiger partial charge is 0.337 e. The molecular weight excluding hydrogens is 384 g/mol. The molecule has 29 heavy (non-hydrogen) atoms. The van der Waals surface area contributed by atoms with E-state index in [-0.39, 0.29) is 12.5 Å². The molecule has 142 valence electrons. The van der Waals surface area contributed by atoms with Gasteiger partial charge in [-0.2, -0.15) is 4.99 Å². The van der Waals surface area contributed by atoms with Crippen LogP contribution in [0.1, 0.15) is 20.7 Å². The van der Waals surface area contributed by atoms with Crippen LogP contribution in [-0.2, 0) is 11.3 Å². The average Bonchev–Trinajstić information content (AvgIpc) is 3.09. The molecule has 0 fully saturated rings. The maximum absolute atomic E-state index is 13.0. The number of terminal acetylenes is 1. The SMILES string of the molecule is C#CCn1c(=NC(=O)c2cccc3ccccc23)sc2cc(C(=O)OC)ccc21. The van der Waals surface area contributed by atoms with E-state index < -0.39 is 5.97 Å². The van der Waals surface area contributed by atoms with E-state index >= 15 is 0 Å². The Morgan fingerprint density at radius 3 is 2.72 bits per heavy atom. The molecule has 0 saturated heterocycles. The molecule has 0 spiro atoms. The third-order valence-corrected chi connectivity index (χ3v) is 5.61. The van der Waals surface area contributed by atoms with E-state index in [0.717, 1.165) is 21.0 Å². The van der Waals surface area contributed by atoms with Crippen molar-refractivity contribution in [3.8, 4) is 12.3 Å². The van der Waals surface area contributed by atoms with E-state index in [4.69, 9.17) is 11.2 Å². The van der Waals surface area contributed by atoms with Gasteiger partial charge in [-0.3, -0.25) is 4.79 Å². The van der Waals surface area contributed by atoms with Crippen molar-refractivity contribution in [1.82, 2.24) is 4.57 Å². The van der Waals surface area contributed by atoms with Gasteiger partial charge in [0.15, 0.2) is 4.80 Å². The highest BCUT2D eigenvalue weighted by molar-refractivity contribution is 7.16. The molecule has 1 amide bonds. The predicted octanol–water partition coefficient (Wildman–Crippen LogP) is 4.02. The topological polar surface area (TPSA) is 60.7 Å². The summed E-state index contributed by atoms with van der Waals surface area (Å²) < 4.78 is 7.38. The van der Waals surface area contributed by atoms with Gasteiger partial charge in [0.05, 0.1) is 29.4 Å². The first-order valence-corrected chi connectivity index (χ1v) is 9.66. The van der Waals surface area contributed by atoms with E-state index in [1.165, 1.54) is 18.4 Å². The maximum atomic E-state index is 13.0. The van der Waals surface area contributed by atoms with Gasteiger partial charge < -0.3 is 9.30 Å². The molecule has 5 nitrogen and oxygen atoms in total. The van der Waals surface area contributed by atoms with Crippen LogP contribution in [0.25, 0.3) is 21.0 Å². The van der Waals surface area contributed by atoms with Gasteiger partial charge in [-0.15, -0.1) is 6.42 Å². The number of methoxy groups -OCH3 is 1. The third kappa shape index (κ3) is 3.44. The highest BCUT2D eigenvalue weighted by Gasteiger charge is 2.13. The molecule has 6 heteroatoms. The van der Waals surface area contributed by atoms with Crippen LogP contribution in [0.3, 0.4) is 0 Å². The van der Waals surface area contributed by atoms with Crippen LogP contribution in [0.4, 0.5) is 0 Å². The van der Waals surface area contributed by atoms with Crippen LogP contribution in [0.2, 0.25) is 0 Å². The van der Waals surface area contributed by atoms with E-state index in [1.807, 2.05) is 36.4 Å². The lowest BCUT2D eigenvalue weighted by Crippen LogP contribution is -2.16. The number of esters is 1. The zero-order valence-electron chi connectivity index (χ0n) is 15.6. The second kappa shape index (κ2) is 7.74. The van der Waals surface area contributed by atoms with Gasteiger partial charge in [-0.25, -0.2) is 4.79 Å². The van der Waals surface area contributed by atoms with Crippen LogP contribution >= 0.6 is 11.3 Å². The number of amides is 1. The summed E-state index contributed by atoms with van der Waals surface area (Å²) in [4.78, 5) is 29.7. The second-order valence-electron chi connectivity index (χ2n) is 6.29. The van der Waals surface area contributed by atoms with Crippen LogP contribution < -0.4 is 4.80 Å². The number of thiazole rings is 1. The van der Waals surface area contributed by atoms with Gasteiger partial charge in [0, 0.05) is 5.56 Å². The summed E-state index contributed by atoms with van der Waals surface area (Å²) in [5, 5.41) is 1.82. The average molecular weight is 400 g/mol. The molecule has 0 aliphatic carbocycles. The molecular formula is C23H16N2O3S. The van der Waals surface area contributed by atoms with Gasteiger partial charge in [0.25, 0.3) is 5.91 Å². The van der Waals surface area contributed by atoms with E-state index in [2.05, 4.69) is 10.9 Å². The van der Waals surface area contributed by atoms with Crippen molar-refractivity contribution in [3.05, 3.63) is 76.6 Å². The molecule has 1 heterocycles. The van der Waals surface area contributed by atoms with Gasteiger partial charge in [-0.1, -0.05) is 53.7 Å². The molecule has 1 aromatic heterocycles. The Balaban J connectivity index is 1.88. The number of nitrogens with zero attached hydrogens (tertiary/aromatic N) is 2. The van der Waals surface area contributed by atoms with Crippen molar-refractivity contribution < 1.29 is 14.3 Å². The Bertz CT molecular complexity index is 1370. The Hall–Kier alpha value is -3.69. The van der Waals surface area contributed by atoms with Crippen LogP contribution in [-0.4, -0.2) is 23.6 Å². The summed E-state index contributed by atoms with van der Waals surface area (Å²) in [6.07, 6.45) is 5.53. The van der Waals surface area contributed by atoms with Gasteiger partial charge in [0.1, 0.15) is 0 Å². The Morgan fingerprint density at radius 2 is 1.93 bits per heavy atom. The number of rotatable bonds is 3. The molecule has 0 atom stereocenters. The van der Waals surface area contributed by atoms with Gasteiger partial charge in [0.2, 0.25) is 0 Å². The number of aromatic nitrogens is 1. The van der Waals surface area contributed by atoms with E-state index in [1.54, 1.807) is 28.8 Å². The zero-order chi connectivity index (χ0) is 20.4. The van der Waals surface area contributed by atoms with Crippen molar-refractivity contribution in [1.29, 1.82) is 0 Å². The normalized spacial score (nSPS) is 11.5. The molecule has 0 radical (unpaired) electrons. The van der Waals surface area contributed by atoms with Crippen molar-refractivity contribution in [2.24, 2.45) is 4.99 Å². The van der Waals surface area contributed by atoms with Crippen molar-refractivity contribution in [2.45, 2.75) is 6.54 Å². The minimum absolute atomic E-state index is 0.263. The highest BCUT2D eigenvalue weighted by Crippen LogP contribution is 2.21. The number of ether oxygens (including phenoxy) is 1. The number of hydrogen-bond acceptors (Lipinski definition) is 4. The molecule has 4 rings (SSSR count). The highest BCUT2D eigenvalue weighted by atomic mass is 32.1.